The molecule has 0 aliphatic carbocycles. The summed E-state index contributed by atoms with van der Waals surface area (Å²) >= 11 is 0. The molecule has 4 rings (SSSR count). The summed E-state index contributed by atoms with van der Waals surface area (Å²) in [5, 5.41) is 0. The first-order valence-electron chi connectivity index (χ1n) is 11.1. The molecule has 1 amide bonds. The third kappa shape index (κ3) is 4.22. The van der Waals surface area contributed by atoms with E-state index in [0.29, 0.717) is 50.8 Å². The van der Waals surface area contributed by atoms with Crippen molar-refractivity contribution in [2.24, 2.45) is 5.92 Å². The van der Waals surface area contributed by atoms with E-state index in [1.807, 2.05) is 4.90 Å². The van der Waals surface area contributed by atoms with E-state index >= 15 is 0 Å². The number of benzene rings is 1. The first-order chi connectivity index (χ1) is 14.4. The summed E-state index contributed by atoms with van der Waals surface area (Å²) in [4.78, 5) is 15.0. The number of carbonyl (C=O) groups is 1. The smallest absolute Gasteiger partial charge is 0.251 e. The zero-order chi connectivity index (χ0) is 21.3. The highest BCUT2D eigenvalue weighted by Crippen LogP contribution is 2.37. The highest BCUT2D eigenvalue weighted by Gasteiger charge is 2.44. The molecule has 3 aliphatic rings. The number of fused-ring (bicyclic) bond motifs is 2. The van der Waals surface area contributed by atoms with Gasteiger partial charge in [0.25, 0.3) is 5.91 Å². The second-order valence-electron chi connectivity index (χ2n) is 8.87. The molecular weight excluding hydrogens is 404 g/mol. The molecule has 30 heavy (non-hydrogen) atoms. The van der Waals surface area contributed by atoms with Gasteiger partial charge in [0.15, 0.2) is 0 Å². The number of amides is 1. The maximum Gasteiger partial charge on any atom is 0.251 e. The van der Waals surface area contributed by atoms with Crippen LogP contribution in [0.4, 0.5) is 0 Å². The number of sulfonamides is 1. The number of para-hydroxylation sites is 1. The lowest BCUT2D eigenvalue weighted by molar-refractivity contribution is -0.140. The highest BCUT2D eigenvalue weighted by molar-refractivity contribution is 7.89. The molecule has 8 heteroatoms. The van der Waals surface area contributed by atoms with E-state index in [4.69, 9.17) is 9.47 Å². The predicted molar refractivity (Wildman–Crippen MR) is 113 cm³/mol. The number of carbonyl (C=O) groups excluding carboxylic acids is 1. The topological polar surface area (TPSA) is 76.2 Å². The van der Waals surface area contributed by atoms with Gasteiger partial charge in [-0.15, -0.1) is 0 Å². The lowest BCUT2D eigenvalue weighted by Gasteiger charge is -2.32. The van der Waals surface area contributed by atoms with Crippen molar-refractivity contribution in [2.45, 2.75) is 69.1 Å². The van der Waals surface area contributed by atoms with E-state index in [9.17, 15) is 13.2 Å². The minimum Gasteiger partial charge on any atom is -0.487 e. The Labute approximate surface area is 179 Å². The SMILES string of the molecule is CC(C)CCN1[C@@H]2CCN(C(=O)[C@H]3CCCO3)CC[C@@H]2Oc2ccccc2S1(=O)=O. The van der Waals surface area contributed by atoms with Crippen LogP contribution in [-0.4, -0.2) is 68.0 Å². The number of hydrogen-bond donors (Lipinski definition) is 0. The van der Waals surface area contributed by atoms with E-state index in [1.165, 1.54) is 0 Å². The van der Waals surface area contributed by atoms with Gasteiger partial charge in [-0.3, -0.25) is 4.79 Å². The molecule has 0 aromatic heterocycles. The van der Waals surface area contributed by atoms with Crippen molar-refractivity contribution in [3.8, 4) is 5.75 Å². The Kier molecular flexibility index (Phi) is 6.36. The van der Waals surface area contributed by atoms with Gasteiger partial charge in [0, 0.05) is 32.7 Å². The van der Waals surface area contributed by atoms with Crippen molar-refractivity contribution in [1.29, 1.82) is 0 Å². The number of ether oxygens (including phenoxy) is 2. The highest BCUT2D eigenvalue weighted by atomic mass is 32.2. The molecule has 0 spiro atoms. The Morgan fingerprint density at radius 1 is 1.17 bits per heavy atom. The van der Waals surface area contributed by atoms with Crippen LogP contribution in [0.3, 0.4) is 0 Å². The third-order valence-electron chi connectivity index (χ3n) is 6.34. The molecule has 2 saturated heterocycles. The Hall–Kier alpha value is -1.64. The number of nitrogens with zero attached hydrogens (tertiary/aromatic N) is 2. The summed E-state index contributed by atoms with van der Waals surface area (Å²) in [6.07, 6.45) is 2.99. The maximum absolute atomic E-state index is 13.6. The first kappa shape index (κ1) is 21.6. The second kappa shape index (κ2) is 8.85. The van der Waals surface area contributed by atoms with Crippen LogP contribution in [0.1, 0.15) is 46.0 Å². The Morgan fingerprint density at radius 2 is 1.93 bits per heavy atom. The molecule has 3 aliphatic heterocycles. The molecule has 3 heterocycles. The van der Waals surface area contributed by atoms with Gasteiger partial charge >= 0.3 is 0 Å². The van der Waals surface area contributed by atoms with Crippen molar-refractivity contribution in [2.75, 3.05) is 26.2 Å². The van der Waals surface area contributed by atoms with Crippen LogP contribution in [0.5, 0.6) is 5.75 Å². The van der Waals surface area contributed by atoms with Crippen LogP contribution < -0.4 is 4.74 Å². The summed E-state index contributed by atoms with van der Waals surface area (Å²) in [7, 11) is -3.67. The number of hydrogen-bond acceptors (Lipinski definition) is 5. The van der Waals surface area contributed by atoms with Crippen LogP contribution >= 0.6 is 0 Å². The van der Waals surface area contributed by atoms with Crippen molar-refractivity contribution in [3.63, 3.8) is 0 Å². The average Bonchev–Trinajstić information content (AvgIpc) is 3.15. The van der Waals surface area contributed by atoms with Gasteiger partial charge in [-0.25, -0.2) is 8.42 Å². The van der Waals surface area contributed by atoms with Gasteiger partial charge in [0.2, 0.25) is 10.0 Å². The molecule has 3 atom stereocenters. The van der Waals surface area contributed by atoms with Crippen molar-refractivity contribution in [3.05, 3.63) is 24.3 Å². The van der Waals surface area contributed by atoms with Gasteiger partial charge in [-0.05, 0) is 43.7 Å². The van der Waals surface area contributed by atoms with E-state index in [1.54, 1.807) is 28.6 Å². The fraction of sp³-hybridized carbons (Fsp3) is 0.682. The van der Waals surface area contributed by atoms with Crippen molar-refractivity contribution in [1.82, 2.24) is 9.21 Å². The molecule has 7 nitrogen and oxygen atoms in total. The largest absolute Gasteiger partial charge is 0.487 e. The molecule has 0 unspecified atom stereocenters. The van der Waals surface area contributed by atoms with Crippen LogP contribution in [-0.2, 0) is 19.6 Å². The van der Waals surface area contributed by atoms with Gasteiger partial charge in [-0.1, -0.05) is 26.0 Å². The third-order valence-corrected chi connectivity index (χ3v) is 8.30. The van der Waals surface area contributed by atoms with E-state index in [-0.39, 0.29) is 29.1 Å². The van der Waals surface area contributed by atoms with Gasteiger partial charge in [-0.2, -0.15) is 4.31 Å². The molecule has 1 aromatic rings. The van der Waals surface area contributed by atoms with Crippen molar-refractivity contribution < 1.29 is 22.7 Å². The molecule has 166 valence electrons. The van der Waals surface area contributed by atoms with Crippen molar-refractivity contribution >= 4 is 15.9 Å². The molecule has 1 aromatic carbocycles. The molecule has 0 radical (unpaired) electrons. The minimum atomic E-state index is -3.67. The van der Waals surface area contributed by atoms with Gasteiger partial charge in [0.1, 0.15) is 22.9 Å². The summed E-state index contributed by atoms with van der Waals surface area (Å²) in [6, 6.07) is 6.62. The second-order valence-corrected chi connectivity index (χ2v) is 10.7. The standard InChI is InChI=1S/C22H32N2O5S/c1-16(2)9-14-24-17-10-12-23(22(25)20-7-5-15-28-20)13-11-18(17)29-19-6-3-4-8-21(19)30(24,26)27/h3-4,6,8,16-18,20H,5,7,9-15H2,1-2H3/t17-,18+,20-/m1/s1. The monoisotopic (exact) mass is 436 g/mol. The van der Waals surface area contributed by atoms with E-state index in [2.05, 4.69) is 13.8 Å². The average molecular weight is 437 g/mol. The molecular formula is C22H32N2O5S. The number of rotatable bonds is 4. The molecule has 2 fully saturated rings. The lowest BCUT2D eigenvalue weighted by Crippen LogP contribution is -2.47. The zero-order valence-electron chi connectivity index (χ0n) is 17.8. The summed E-state index contributed by atoms with van der Waals surface area (Å²) in [5.74, 6) is 0.834. The van der Waals surface area contributed by atoms with Crippen LogP contribution in [0, 0.1) is 5.92 Å². The predicted octanol–water partition coefficient (Wildman–Crippen LogP) is 2.65. The van der Waals surface area contributed by atoms with Crippen LogP contribution in [0.2, 0.25) is 0 Å². The molecule has 0 N–H and O–H groups in total. The summed E-state index contributed by atoms with van der Waals surface area (Å²) in [5.41, 5.74) is 0. The summed E-state index contributed by atoms with van der Waals surface area (Å²) < 4.78 is 40.7. The zero-order valence-corrected chi connectivity index (χ0v) is 18.6. The summed E-state index contributed by atoms with van der Waals surface area (Å²) in [6.45, 7) is 6.37. The fourth-order valence-electron chi connectivity index (χ4n) is 4.62. The van der Waals surface area contributed by atoms with E-state index in [0.717, 1.165) is 19.3 Å². The normalized spacial score (nSPS) is 28.9. The molecule has 0 bridgehead atoms. The lowest BCUT2D eigenvalue weighted by atomic mass is 10.0. The number of likely N-dealkylation sites (tertiary alicyclic amines) is 1. The quantitative estimate of drug-likeness (QED) is 0.725. The Balaban J connectivity index is 1.62. The molecule has 0 saturated carbocycles. The van der Waals surface area contributed by atoms with Crippen LogP contribution in [0.15, 0.2) is 29.2 Å². The van der Waals surface area contributed by atoms with Gasteiger partial charge in [0.05, 0.1) is 6.04 Å². The fourth-order valence-corrected chi connectivity index (χ4v) is 6.44. The maximum atomic E-state index is 13.6. The Morgan fingerprint density at radius 3 is 2.67 bits per heavy atom. The first-order valence-corrected chi connectivity index (χ1v) is 12.5. The Bertz CT molecular complexity index is 866. The van der Waals surface area contributed by atoms with Gasteiger partial charge < -0.3 is 14.4 Å². The van der Waals surface area contributed by atoms with Crippen LogP contribution in [0.25, 0.3) is 0 Å². The minimum absolute atomic E-state index is 0.0287. The van der Waals surface area contributed by atoms with E-state index < -0.39 is 10.0 Å².